The molecule has 1 saturated carbocycles. The minimum Gasteiger partial charge on any atom is -0.307 e. The number of hydrogen-bond acceptors (Lipinski definition) is 2. The number of aryl methyl sites for hydroxylation is 1. The Morgan fingerprint density at radius 3 is 2.75 bits per heavy atom. The van der Waals surface area contributed by atoms with Crippen LogP contribution in [0.3, 0.4) is 0 Å². The first kappa shape index (κ1) is 13.4. The highest BCUT2D eigenvalue weighted by Crippen LogP contribution is 2.39. The Labute approximate surface area is 121 Å². The van der Waals surface area contributed by atoms with Gasteiger partial charge in [0.1, 0.15) is 0 Å². The molecule has 1 aliphatic carbocycles. The summed E-state index contributed by atoms with van der Waals surface area (Å²) in [5.74, 6) is 0. The summed E-state index contributed by atoms with van der Waals surface area (Å²) in [5.41, 5.74) is 3.20. The normalized spacial score (nSPS) is 17.9. The van der Waals surface area contributed by atoms with Crippen LogP contribution < -0.4 is 5.32 Å². The summed E-state index contributed by atoms with van der Waals surface area (Å²) in [5, 5.41) is 8.10. The summed E-state index contributed by atoms with van der Waals surface area (Å²) >= 11 is 0. The molecular formula is C17H23N3. The SMILES string of the molecule is Cc1ccccc1CC1(NC(C)Cn2cccn2)CC1. The van der Waals surface area contributed by atoms with Crippen LogP contribution >= 0.6 is 0 Å². The summed E-state index contributed by atoms with van der Waals surface area (Å²) in [6, 6.07) is 11.2. The van der Waals surface area contributed by atoms with Gasteiger partial charge in [-0.15, -0.1) is 0 Å². The Morgan fingerprint density at radius 1 is 1.30 bits per heavy atom. The summed E-state index contributed by atoms with van der Waals surface area (Å²) in [6.07, 6.45) is 7.57. The van der Waals surface area contributed by atoms with Crippen LogP contribution in [-0.2, 0) is 13.0 Å². The van der Waals surface area contributed by atoms with Crippen molar-refractivity contribution in [3.8, 4) is 0 Å². The molecule has 3 nitrogen and oxygen atoms in total. The largest absolute Gasteiger partial charge is 0.307 e. The summed E-state index contributed by atoms with van der Waals surface area (Å²) in [4.78, 5) is 0. The van der Waals surface area contributed by atoms with Gasteiger partial charge in [-0.2, -0.15) is 5.10 Å². The molecular weight excluding hydrogens is 246 g/mol. The van der Waals surface area contributed by atoms with Crippen LogP contribution in [0.1, 0.15) is 30.9 Å². The molecule has 1 unspecified atom stereocenters. The van der Waals surface area contributed by atoms with Crippen LogP contribution in [0.2, 0.25) is 0 Å². The van der Waals surface area contributed by atoms with E-state index in [1.807, 2.05) is 23.1 Å². The summed E-state index contributed by atoms with van der Waals surface area (Å²) < 4.78 is 2.00. The van der Waals surface area contributed by atoms with Gasteiger partial charge in [-0.3, -0.25) is 4.68 Å². The molecule has 2 aromatic rings. The van der Waals surface area contributed by atoms with E-state index in [9.17, 15) is 0 Å². The monoisotopic (exact) mass is 269 g/mol. The van der Waals surface area contributed by atoms with Gasteiger partial charge >= 0.3 is 0 Å². The maximum absolute atomic E-state index is 4.28. The topological polar surface area (TPSA) is 29.9 Å². The van der Waals surface area contributed by atoms with Gasteiger partial charge in [0.25, 0.3) is 0 Å². The van der Waals surface area contributed by atoms with Gasteiger partial charge in [-0.25, -0.2) is 0 Å². The number of benzene rings is 1. The number of rotatable bonds is 6. The maximum atomic E-state index is 4.28. The third-order valence-electron chi connectivity index (χ3n) is 4.22. The zero-order valence-electron chi connectivity index (χ0n) is 12.3. The lowest BCUT2D eigenvalue weighted by Gasteiger charge is -2.23. The van der Waals surface area contributed by atoms with Crippen molar-refractivity contribution in [1.29, 1.82) is 0 Å². The van der Waals surface area contributed by atoms with Crippen LogP contribution in [0.4, 0.5) is 0 Å². The average molecular weight is 269 g/mol. The number of nitrogens with zero attached hydrogens (tertiary/aromatic N) is 2. The smallest absolute Gasteiger partial charge is 0.0560 e. The van der Waals surface area contributed by atoms with E-state index >= 15 is 0 Å². The number of aromatic nitrogens is 2. The highest BCUT2D eigenvalue weighted by atomic mass is 15.3. The highest BCUT2D eigenvalue weighted by Gasteiger charge is 2.43. The lowest BCUT2D eigenvalue weighted by atomic mass is 9.99. The Morgan fingerprint density at radius 2 is 2.10 bits per heavy atom. The van der Waals surface area contributed by atoms with E-state index in [1.54, 1.807) is 0 Å². The van der Waals surface area contributed by atoms with E-state index in [0.717, 1.165) is 13.0 Å². The minimum atomic E-state index is 0.318. The van der Waals surface area contributed by atoms with Gasteiger partial charge in [-0.05, 0) is 50.3 Å². The predicted molar refractivity (Wildman–Crippen MR) is 81.7 cm³/mol. The van der Waals surface area contributed by atoms with E-state index < -0.39 is 0 Å². The Balaban J connectivity index is 1.60. The second kappa shape index (κ2) is 5.41. The molecule has 1 aromatic heterocycles. The van der Waals surface area contributed by atoms with Gasteiger partial charge < -0.3 is 5.32 Å². The van der Waals surface area contributed by atoms with Gasteiger partial charge in [-0.1, -0.05) is 24.3 Å². The lowest BCUT2D eigenvalue weighted by Crippen LogP contribution is -2.42. The van der Waals surface area contributed by atoms with Crippen LogP contribution in [0.5, 0.6) is 0 Å². The molecule has 1 aromatic carbocycles. The molecule has 1 atom stereocenters. The second-order valence-corrected chi connectivity index (χ2v) is 6.16. The van der Waals surface area contributed by atoms with Gasteiger partial charge in [0, 0.05) is 24.0 Å². The third kappa shape index (κ3) is 3.10. The fourth-order valence-corrected chi connectivity index (χ4v) is 2.95. The van der Waals surface area contributed by atoms with E-state index in [2.05, 4.69) is 48.5 Å². The molecule has 0 saturated heterocycles. The first-order valence-electron chi connectivity index (χ1n) is 7.47. The fraction of sp³-hybridized carbons (Fsp3) is 0.471. The molecule has 1 heterocycles. The van der Waals surface area contributed by atoms with Crippen molar-refractivity contribution in [1.82, 2.24) is 15.1 Å². The number of hydrogen-bond donors (Lipinski definition) is 1. The van der Waals surface area contributed by atoms with E-state index in [1.165, 1.54) is 24.0 Å². The molecule has 3 rings (SSSR count). The molecule has 0 spiro atoms. The fourth-order valence-electron chi connectivity index (χ4n) is 2.95. The molecule has 106 valence electrons. The maximum Gasteiger partial charge on any atom is 0.0560 e. The zero-order valence-corrected chi connectivity index (χ0v) is 12.3. The van der Waals surface area contributed by atoms with Crippen molar-refractivity contribution in [2.75, 3.05) is 0 Å². The highest BCUT2D eigenvalue weighted by molar-refractivity contribution is 5.29. The van der Waals surface area contributed by atoms with Crippen LogP contribution in [-0.4, -0.2) is 21.4 Å². The zero-order chi connectivity index (χ0) is 14.0. The minimum absolute atomic E-state index is 0.318. The second-order valence-electron chi connectivity index (χ2n) is 6.16. The van der Waals surface area contributed by atoms with Gasteiger partial charge in [0.15, 0.2) is 0 Å². The standard InChI is InChI=1S/C17H23N3/c1-14-6-3-4-7-16(14)12-17(8-9-17)19-15(2)13-20-11-5-10-18-20/h3-7,10-11,15,19H,8-9,12-13H2,1-2H3. The summed E-state index contributed by atoms with van der Waals surface area (Å²) in [6.45, 7) is 5.39. The van der Waals surface area contributed by atoms with Crippen LogP contribution in [0.15, 0.2) is 42.7 Å². The molecule has 0 amide bonds. The summed E-state index contributed by atoms with van der Waals surface area (Å²) in [7, 11) is 0. The molecule has 1 N–H and O–H groups in total. The van der Waals surface area contributed by atoms with Gasteiger partial charge in [0.2, 0.25) is 0 Å². The van der Waals surface area contributed by atoms with Crippen molar-refractivity contribution in [3.63, 3.8) is 0 Å². The molecule has 1 fully saturated rings. The van der Waals surface area contributed by atoms with Crippen LogP contribution in [0, 0.1) is 6.92 Å². The van der Waals surface area contributed by atoms with Crippen LogP contribution in [0.25, 0.3) is 0 Å². The Bertz CT molecular complexity index is 555. The van der Waals surface area contributed by atoms with E-state index in [0.29, 0.717) is 11.6 Å². The third-order valence-corrected chi connectivity index (χ3v) is 4.22. The van der Waals surface area contributed by atoms with E-state index in [-0.39, 0.29) is 0 Å². The molecule has 0 bridgehead atoms. The van der Waals surface area contributed by atoms with Crippen molar-refractivity contribution in [3.05, 3.63) is 53.9 Å². The van der Waals surface area contributed by atoms with Crippen molar-refractivity contribution >= 4 is 0 Å². The quantitative estimate of drug-likeness (QED) is 0.874. The van der Waals surface area contributed by atoms with Gasteiger partial charge in [0.05, 0.1) is 6.54 Å². The molecule has 3 heteroatoms. The molecule has 20 heavy (non-hydrogen) atoms. The number of nitrogens with one attached hydrogen (secondary N) is 1. The first-order chi connectivity index (χ1) is 9.67. The predicted octanol–water partition coefficient (Wildman–Crippen LogP) is 2.94. The molecule has 1 aliphatic rings. The lowest BCUT2D eigenvalue weighted by molar-refractivity contribution is 0.378. The molecule has 0 aliphatic heterocycles. The van der Waals surface area contributed by atoms with Crippen molar-refractivity contribution < 1.29 is 0 Å². The average Bonchev–Trinajstić information content (AvgIpc) is 2.96. The molecule has 0 radical (unpaired) electrons. The van der Waals surface area contributed by atoms with E-state index in [4.69, 9.17) is 0 Å². The first-order valence-corrected chi connectivity index (χ1v) is 7.47. The Hall–Kier alpha value is -1.61. The Kier molecular flexibility index (Phi) is 3.62. The van der Waals surface area contributed by atoms with Crippen molar-refractivity contribution in [2.45, 2.75) is 51.2 Å². The van der Waals surface area contributed by atoms with Crippen molar-refractivity contribution in [2.24, 2.45) is 0 Å².